The number of rotatable bonds is 5. The minimum atomic E-state index is -1.02. The quantitative estimate of drug-likeness (QED) is 0.906. The monoisotopic (exact) mass is 295 g/mol. The molecule has 0 saturated heterocycles. The number of benzene rings is 1. The van der Waals surface area contributed by atoms with Gasteiger partial charge < -0.3 is 10.0 Å². The molecule has 0 heterocycles. The predicted molar refractivity (Wildman–Crippen MR) is 78.0 cm³/mol. The van der Waals surface area contributed by atoms with Crippen LogP contribution in [0.5, 0.6) is 0 Å². The molecule has 0 atom stereocenters. The van der Waals surface area contributed by atoms with Crippen molar-refractivity contribution in [1.82, 2.24) is 0 Å². The van der Waals surface area contributed by atoms with E-state index >= 15 is 0 Å². The summed E-state index contributed by atoms with van der Waals surface area (Å²) in [7, 11) is 0. The lowest BCUT2D eigenvalue weighted by atomic mass is 10.0. The van der Waals surface area contributed by atoms with Crippen LogP contribution in [0.15, 0.2) is 24.3 Å². The van der Waals surface area contributed by atoms with E-state index in [1.807, 2.05) is 0 Å². The summed E-state index contributed by atoms with van der Waals surface area (Å²) < 4.78 is 0. The number of carboxylic acids is 1. The van der Waals surface area contributed by atoms with Gasteiger partial charge in [-0.2, -0.15) is 0 Å². The zero-order valence-electron chi connectivity index (χ0n) is 11.2. The molecule has 1 aromatic rings. The second-order valence-corrected chi connectivity index (χ2v) is 5.64. The number of hydrogen-bond acceptors (Lipinski definition) is 2. The highest BCUT2D eigenvalue weighted by Crippen LogP contribution is 2.29. The van der Waals surface area contributed by atoms with Gasteiger partial charge in [0.25, 0.3) is 0 Å². The Morgan fingerprint density at radius 2 is 2.00 bits per heavy atom. The Morgan fingerprint density at radius 1 is 1.30 bits per heavy atom. The number of nitrogens with zero attached hydrogens (tertiary/aromatic N) is 1. The van der Waals surface area contributed by atoms with Crippen molar-refractivity contribution >= 4 is 29.2 Å². The second kappa shape index (κ2) is 6.75. The van der Waals surface area contributed by atoms with Crippen LogP contribution in [-0.2, 0) is 9.59 Å². The molecule has 1 aliphatic carbocycles. The third-order valence-electron chi connectivity index (χ3n) is 3.65. The number of carbonyl (C=O) groups is 2. The van der Waals surface area contributed by atoms with Gasteiger partial charge in [0.2, 0.25) is 5.91 Å². The van der Waals surface area contributed by atoms with Crippen molar-refractivity contribution < 1.29 is 14.7 Å². The van der Waals surface area contributed by atoms with Crippen molar-refractivity contribution in [2.75, 3.05) is 11.4 Å². The van der Waals surface area contributed by atoms with Gasteiger partial charge in [0.1, 0.15) is 6.54 Å². The van der Waals surface area contributed by atoms with Crippen LogP contribution < -0.4 is 4.90 Å². The zero-order valence-corrected chi connectivity index (χ0v) is 12.0. The molecule has 0 unspecified atom stereocenters. The Morgan fingerprint density at radius 3 is 2.60 bits per heavy atom. The topological polar surface area (TPSA) is 57.6 Å². The average Bonchev–Trinajstić information content (AvgIpc) is 2.88. The van der Waals surface area contributed by atoms with Gasteiger partial charge in [-0.3, -0.25) is 9.59 Å². The lowest BCUT2D eigenvalue weighted by Crippen LogP contribution is -2.36. The molecule has 0 radical (unpaired) electrons. The fraction of sp³-hybridized carbons (Fsp3) is 0.467. The van der Waals surface area contributed by atoms with Gasteiger partial charge in [0.15, 0.2) is 0 Å². The van der Waals surface area contributed by atoms with Crippen LogP contribution >= 0.6 is 11.6 Å². The molecule has 108 valence electrons. The molecule has 1 N–H and O–H groups in total. The minimum Gasteiger partial charge on any atom is -0.480 e. The highest BCUT2D eigenvalue weighted by atomic mass is 35.5. The molecule has 0 spiro atoms. The number of hydrogen-bond donors (Lipinski definition) is 1. The number of aliphatic carboxylic acids is 1. The summed E-state index contributed by atoms with van der Waals surface area (Å²) in [5.74, 6) is -0.774. The summed E-state index contributed by atoms with van der Waals surface area (Å²) in [4.78, 5) is 24.7. The first-order chi connectivity index (χ1) is 9.56. The van der Waals surface area contributed by atoms with Gasteiger partial charge in [0.05, 0.1) is 0 Å². The molecule has 5 heteroatoms. The predicted octanol–water partition coefficient (Wildman–Crippen LogP) is 3.34. The molecule has 4 nitrogen and oxygen atoms in total. The smallest absolute Gasteiger partial charge is 0.323 e. The largest absolute Gasteiger partial charge is 0.480 e. The van der Waals surface area contributed by atoms with Crippen molar-refractivity contribution in [1.29, 1.82) is 0 Å². The van der Waals surface area contributed by atoms with E-state index in [-0.39, 0.29) is 12.5 Å². The summed E-state index contributed by atoms with van der Waals surface area (Å²) in [6.07, 6.45) is 4.85. The van der Waals surface area contributed by atoms with Crippen molar-refractivity contribution in [3.05, 3.63) is 29.3 Å². The lowest BCUT2D eigenvalue weighted by Gasteiger charge is -2.22. The van der Waals surface area contributed by atoms with Crippen molar-refractivity contribution in [2.45, 2.75) is 32.1 Å². The third-order valence-corrected chi connectivity index (χ3v) is 3.89. The first-order valence-corrected chi connectivity index (χ1v) is 7.22. The number of halogens is 1. The minimum absolute atomic E-state index is 0.137. The van der Waals surface area contributed by atoms with Crippen LogP contribution in [0.2, 0.25) is 5.02 Å². The maximum Gasteiger partial charge on any atom is 0.323 e. The Kier molecular flexibility index (Phi) is 5.01. The van der Waals surface area contributed by atoms with Gasteiger partial charge >= 0.3 is 5.97 Å². The van der Waals surface area contributed by atoms with Gasteiger partial charge in [-0.05, 0) is 37.0 Å². The van der Waals surface area contributed by atoms with Gasteiger partial charge in [0, 0.05) is 17.1 Å². The van der Waals surface area contributed by atoms with Crippen molar-refractivity contribution in [3.8, 4) is 0 Å². The van der Waals surface area contributed by atoms with Crippen LogP contribution in [0.25, 0.3) is 0 Å². The molecule has 1 aromatic carbocycles. The summed E-state index contributed by atoms with van der Waals surface area (Å²) in [5, 5.41) is 9.49. The van der Waals surface area contributed by atoms with E-state index in [9.17, 15) is 9.59 Å². The Balaban J connectivity index is 2.13. The molecule has 0 aliphatic heterocycles. The summed E-state index contributed by atoms with van der Waals surface area (Å²) in [6.45, 7) is -0.327. The van der Waals surface area contributed by atoms with Gasteiger partial charge in [-0.25, -0.2) is 0 Å². The van der Waals surface area contributed by atoms with Gasteiger partial charge in [-0.1, -0.05) is 30.5 Å². The van der Waals surface area contributed by atoms with Crippen LogP contribution in [-0.4, -0.2) is 23.5 Å². The molecule has 1 aliphatic rings. The molecule has 1 fully saturated rings. The number of amides is 1. The molecule has 0 bridgehead atoms. The molecule has 0 aromatic heterocycles. The second-order valence-electron chi connectivity index (χ2n) is 5.21. The van der Waals surface area contributed by atoms with E-state index in [1.54, 1.807) is 24.3 Å². The highest BCUT2D eigenvalue weighted by Gasteiger charge is 2.24. The normalized spacial score (nSPS) is 15.2. The average molecular weight is 296 g/mol. The fourth-order valence-corrected chi connectivity index (χ4v) is 2.86. The molecule has 20 heavy (non-hydrogen) atoms. The standard InChI is InChI=1S/C15H18ClNO3/c16-12-6-3-7-13(9-12)17(10-15(19)20)14(18)8-11-4-1-2-5-11/h3,6-7,9,11H,1-2,4-5,8,10H2,(H,19,20). The van der Waals surface area contributed by atoms with Crippen molar-refractivity contribution in [3.63, 3.8) is 0 Å². The summed E-state index contributed by atoms with van der Waals surface area (Å²) in [6, 6.07) is 6.75. The van der Waals surface area contributed by atoms with E-state index in [0.29, 0.717) is 23.0 Å². The molecular weight excluding hydrogens is 278 g/mol. The van der Waals surface area contributed by atoms with Crippen LogP contribution in [0.4, 0.5) is 5.69 Å². The first-order valence-electron chi connectivity index (χ1n) is 6.84. The molecular formula is C15H18ClNO3. The lowest BCUT2D eigenvalue weighted by molar-refractivity contribution is -0.136. The van der Waals surface area contributed by atoms with Crippen LogP contribution in [0, 0.1) is 5.92 Å². The maximum atomic E-state index is 12.4. The highest BCUT2D eigenvalue weighted by molar-refractivity contribution is 6.30. The van der Waals surface area contributed by atoms with E-state index < -0.39 is 5.97 Å². The number of anilines is 1. The number of carboxylic acid groups (broad SMARTS) is 1. The SMILES string of the molecule is O=C(O)CN(C(=O)CC1CCCC1)c1cccc(Cl)c1. The van der Waals surface area contributed by atoms with Crippen LogP contribution in [0.3, 0.4) is 0 Å². The van der Waals surface area contributed by atoms with E-state index in [4.69, 9.17) is 16.7 Å². The maximum absolute atomic E-state index is 12.4. The fourth-order valence-electron chi connectivity index (χ4n) is 2.67. The van der Waals surface area contributed by atoms with Crippen LogP contribution in [0.1, 0.15) is 32.1 Å². The summed E-state index contributed by atoms with van der Waals surface area (Å²) >= 11 is 5.92. The summed E-state index contributed by atoms with van der Waals surface area (Å²) in [5.41, 5.74) is 0.544. The molecule has 1 saturated carbocycles. The Hall–Kier alpha value is -1.55. The Labute approximate surface area is 123 Å². The van der Waals surface area contributed by atoms with E-state index in [0.717, 1.165) is 25.7 Å². The van der Waals surface area contributed by atoms with E-state index in [2.05, 4.69) is 0 Å². The molecule has 1 amide bonds. The third kappa shape index (κ3) is 3.97. The van der Waals surface area contributed by atoms with E-state index in [1.165, 1.54) is 4.90 Å². The van der Waals surface area contributed by atoms with Gasteiger partial charge in [-0.15, -0.1) is 0 Å². The molecule has 2 rings (SSSR count). The number of carbonyl (C=O) groups excluding carboxylic acids is 1. The Bertz CT molecular complexity index is 498. The first kappa shape index (κ1) is 14.9. The zero-order chi connectivity index (χ0) is 14.5. The van der Waals surface area contributed by atoms with Crippen molar-refractivity contribution in [2.24, 2.45) is 5.92 Å².